The van der Waals surface area contributed by atoms with Gasteiger partial charge in [0.1, 0.15) is 5.60 Å². The third kappa shape index (κ3) is 3.26. The molecule has 0 bridgehead atoms. The number of nitrogens with zero attached hydrogens (tertiary/aromatic N) is 2. The molecule has 4 nitrogen and oxygen atoms in total. The smallest absolute Gasteiger partial charge is 0.316 e. The van der Waals surface area contributed by atoms with E-state index in [1.807, 2.05) is 49.6 Å². The molecule has 2 rings (SSSR count). The van der Waals surface area contributed by atoms with Crippen LogP contribution in [0, 0.1) is 0 Å². The second-order valence-corrected chi connectivity index (χ2v) is 5.85. The van der Waals surface area contributed by atoms with Crippen molar-refractivity contribution in [3.8, 4) is 0 Å². The van der Waals surface area contributed by atoms with Gasteiger partial charge in [0, 0.05) is 6.20 Å². The summed E-state index contributed by atoms with van der Waals surface area (Å²) in [6.45, 7) is 5.58. The lowest BCUT2D eigenvalue weighted by molar-refractivity contribution is -0.151. The minimum Gasteiger partial charge on any atom is -0.459 e. The molecule has 18 heavy (non-hydrogen) atoms. The van der Waals surface area contributed by atoms with E-state index in [9.17, 15) is 4.79 Å². The Morgan fingerprint density at radius 2 is 2.22 bits per heavy atom. The number of esters is 1. The van der Waals surface area contributed by atoms with Crippen LogP contribution in [0.1, 0.15) is 20.8 Å². The second kappa shape index (κ2) is 5.02. The highest BCUT2D eigenvalue weighted by atomic mass is 32.2. The molecule has 0 atom stereocenters. The van der Waals surface area contributed by atoms with E-state index in [0.717, 1.165) is 10.7 Å². The average molecular weight is 264 g/mol. The topological polar surface area (TPSA) is 43.6 Å². The van der Waals surface area contributed by atoms with Crippen LogP contribution in [0.2, 0.25) is 0 Å². The molecule has 96 valence electrons. The van der Waals surface area contributed by atoms with Gasteiger partial charge in [0.25, 0.3) is 0 Å². The van der Waals surface area contributed by atoms with Crippen molar-refractivity contribution in [3.63, 3.8) is 0 Å². The molecule has 0 saturated carbocycles. The summed E-state index contributed by atoms with van der Waals surface area (Å²) in [4.78, 5) is 15.9. The first-order valence-corrected chi connectivity index (χ1v) is 6.71. The van der Waals surface area contributed by atoms with E-state index in [1.165, 1.54) is 11.8 Å². The molecule has 0 aliphatic rings. The zero-order chi connectivity index (χ0) is 13.2. The number of carbonyl (C=O) groups is 1. The monoisotopic (exact) mass is 264 g/mol. The van der Waals surface area contributed by atoms with Crippen molar-refractivity contribution in [1.29, 1.82) is 0 Å². The van der Waals surface area contributed by atoms with Crippen LogP contribution in [0.3, 0.4) is 0 Å². The summed E-state index contributed by atoms with van der Waals surface area (Å²) in [5.74, 6) is 0.0471. The van der Waals surface area contributed by atoms with Crippen molar-refractivity contribution in [3.05, 3.63) is 30.6 Å². The van der Waals surface area contributed by atoms with Gasteiger partial charge in [-0.25, -0.2) is 4.98 Å². The van der Waals surface area contributed by atoms with Gasteiger partial charge in [0.15, 0.2) is 5.16 Å². The molecule has 0 fully saturated rings. The van der Waals surface area contributed by atoms with Gasteiger partial charge < -0.3 is 4.74 Å². The number of carbonyl (C=O) groups excluding carboxylic acids is 1. The number of pyridine rings is 1. The van der Waals surface area contributed by atoms with E-state index >= 15 is 0 Å². The number of imidazole rings is 1. The Hall–Kier alpha value is -1.49. The first-order chi connectivity index (χ1) is 8.46. The molecule has 0 aliphatic heterocycles. The van der Waals surface area contributed by atoms with Gasteiger partial charge in [-0.2, -0.15) is 0 Å². The minimum atomic E-state index is -0.438. The lowest BCUT2D eigenvalue weighted by Crippen LogP contribution is -2.24. The number of hydrogen-bond donors (Lipinski definition) is 0. The van der Waals surface area contributed by atoms with Crippen molar-refractivity contribution in [2.75, 3.05) is 5.75 Å². The summed E-state index contributed by atoms with van der Waals surface area (Å²) in [5, 5.41) is 0.802. The van der Waals surface area contributed by atoms with Gasteiger partial charge in [-0.05, 0) is 32.9 Å². The summed E-state index contributed by atoms with van der Waals surface area (Å²) >= 11 is 1.38. The van der Waals surface area contributed by atoms with Crippen LogP contribution in [0.25, 0.3) is 5.52 Å². The Morgan fingerprint density at radius 3 is 2.94 bits per heavy atom. The van der Waals surface area contributed by atoms with Crippen LogP contribution in [0.4, 0.5) is 0 Å². The highest BCUT2D eigenvalue weighted by Crippen LogP contribution is 2.19. The molecule has 0 aromatic carbocycles. The van der Waals surface area contributed by atoms with Gasteiger partial charge in [-0.1, -0.05) is 17.8 Å². The van der Waals surface area contributed by atoms with Gasteiger partial charge in [-0.3, -0.25) is 9.20 Å². The largest absolute Gasteiger partial charge is 0.459 e. The maximum Gasteiger partial charge on any atom is 0.316 e. The normalized spacial score (nSPS) is 11.7. The number of aromatic nitrogens is 2. The fraction of sp³-hybridized carbons (Fsp3) is 0.385. The van der Waals surface area contributed by atoms with Crippen LogP contribution in [-0.2, 0) is 9.53 Å². The number of thioether (sulfide) groups is 1. The van der Waals surface area contributed by atoms with E-state index in [-0.39, 0.29) is 11.7 Å². The van der Waals surface area contributed by atoms with Crippen molar-refractivity contribution in [1.82, 2.24) is 9.38 Å². The average Bonchev–Trinajstić information content (AvgIpc) is 2.67. The molecule has 2 heterocycles. The Balaban J connectivity index is 2.00. The SMILES string of the molecule is CC(C)(C)OC(=O)CSc1ncc2ccccn12. The Morgan fingerprint density at radius 1 is 1.44 bits per heavy atom. The molecule has 0 amide bonds. The molecule has 0 aliphatic carbocycles. The Labute approximate surface area is 110 Å². The quantitative estimate of drug-likeness (QED) is 0.631. The molecule has 0 radical (unpaired) electrons. The first kappa shape index (κ1) is 13.0. The molecule has 0 unspecified atom stereocenters. The van der Waals surface area contributed by atoms with Gasteiger partial charge in [-0.15, -0.1) is 0 Å². The van der Waals surface area contributed by atoms with Gasteiger partial charge >= 0.3 is 5.97 Å². The van der Waals surface area contributed by atoms with E-state index in [4.69, 9.17) is 4.74 Å². The molecule has 5 heteroatoms. The third-order valence-electron chi connectivity index (χ3n) is 2.14. The Kier molecular flexibility index (Phi) is 3.61. The first-order valence-electron chi connectivity index (χ1n) is 5.72. The molecule has 2 aromatic heterocycles. The maximum atomic E-state index is 11.6. The number of ether oxygens (including phenoxy) is 1. The van der Waals surface area contributed by atoms with Crippen LogP contribution in [-0.4, -0.2) is 26.7 Å². The van der Waals surface area contributed by atoms with Crippen molar-refractivity contribution >= 4 is 23.2 Å². The highest BCUT2D eigenvalue weighted by Gasteiger charge is 2.17. The number of rotatable bonds is 3. The van der Waals surface area contributed by atoms with Crippen LogP contribution < -0.4 is 0 Å². The molecular formula is C13H16N2O2S. The van der Waals surface area contributed by atoms with E-state index in [2.05, 4.69) is 4.98 Å². The van der Waals surface area contributed by atoms with Gasteiger partial charge in [0.05, 0.1) is 17.5 Å². The zero-order valence-electron chi connectivity index (χ0n) is 10.7. The van der Waals surface area contributed by atoms with Crippen LogP contribution in [0.15, 0.2) is 35.7 Å². The van der Waals surface area contributed by atoms with Crippen molar-refractivity contribution in [2.24, 2.45) is 0 Å². The summed E-state index contributed by atoms with van der Waals surface area (Å²) in [6.07, 6.45) is 3.72. The molecule has 0 spiro atoms. The van der Waals surface area contributed by atoms with Gasteiger partial charge in [0.2, 0.25) is 0 Å². The zero-order valence-corrected chi connectivity index (χ0v) is 11.5. The standard InChI is InChI=1S/C13H16N2O2S/c1-13(2,3)17-11(16)9-18-12-14-8-10-6-4-5-7-15(10)12/h4-8H,9H2,1-3H3. The van der Waals surface area contributed by atoms with Crippen LogP contribution >= 0.6 is 11.8 Å². The predicted octanol–water partition coefficient (Wildman–Crippen LogP) is 2.77. The molecule has 0 N–H and O–H groups in total. The summed E-state index contributed by atoms with van der Waals surface area (Å²) in [7, 11) is 0. The number of hydrogen-bond acceptors (Lipinski definition) is 4. The molecule has 2 aromatic rings. The lowest BCUT2D eigenvalue weighted by atomic mass is 10.2. The maximum absolute atomic E-state index is 11.6. The second-order valence-electron chi connectivity index (χ2n) is 4.91. The lowest BCUT2D eigenvalue weighted by Gasteiger charge is -2.19. The minimum absolute atomic E-state index is 0.222. The summed E-state index contributed by atoms with van der Waals surface area (Å²) < 4.78 is 7.20. The van der Waals surface area contributed by atoms with E-state index in [1.54, 1.807) is 6.20 Å². The van der Waals surface area contributed by atoms with Crippen molar-refractivity contribution < 1.29 is 9.53 Å². The fourth-order valence-corrected chi connectivity index (χ4v) is 2.26. The summed E-state index contributed by atoms with van der Waals surface area (Å²) in [5.41, 5.74) is 0.580. The Bertz CT molecular complexity index is 557. The van der Waals surface area contributed by atoms with E-state index in [0.29, 0.717) is 0 Å². The fourth-order valence-electron chi connectivity index (χ4n) is 1.52. The third-order valence-corrected chi connectivity index (χ3v) is 3.08. The molecule has 0 saturated heterocycles. The molecular weight excluding hydrogens is 248 g/mol. The highest BCUT2D eigenvalue weighted by molar-refractivity contribution is 7.99. The van der Waals surface area contributed by atoms with Crippen molar-refractivity contribution in [2.45, 2.75) is 31.5 Å². The number of fused-ring (bicyclic) bond motifs is 1. The summed E-state index contributed by atoms with van der Waals surface area (Å²) in [6, 6.07) is 5.87. The predicted molar refractivity (Wildman–Crippen MR) is 71.8 cm³/mol. The van der Waals surface area contributed by atoms with E-state index < -0.39 is 5.60 Å². The van der Waals surface area contributed by atoms with Crippen LogP contribution in [0.5, 0.6) is 0 Å².